The highest BCUT2D eigenvalue weighted by molar-refractivity contribution is 6.07. The molecule has 0 fully saturated rings. The molecule has 1 aromatic heterocycles. The zero-order chi connectivity index (χ0) is 16.5. The second-order valence-electron chi connectivity index (χ2n) is 5.61. The summed E-state index contributed by atoms with van der Waals surface area (Å²) in [4.78, 5) is 14.5. The van der Waals surface area contributed by atoms with Crippen molar-refractivity contribution in [2.45, 2.75) is 12.8 Å². The normalized spacial score (nSPS) is 13.6. The van der Waals surface area contributed by atoms with E-state index in [1.165, 1.54) is 22.0 Å². The van der Waals surface area contributed by atoms with E-state index in [2.05, 4.69) is 15.5 Å². The van der Waals surface area contributed by atoms with E-state index in [1.807, 2.05) is 6.07 Å². The van der Waals surface area contributed by atoms with Crippen molar-refractivity contribution < 1.29 is 9.18 Å². The summed E-state index contributed by atoms with van der Waals surface area (Å²) >= 11 is 0. The first-order chi connectivity index (χ1) is 11.7. The number of benzene rings is 2. The number of hydrogen-bond acceptors (Lipinski definition) is 4. The fourth-order valence-electron chi connectivity index (χ4n) is 3.02. The molecule has 7 heteroatoms. The summed E-state index contributed by atoms with van der Waals surface area (Å²) in [6.07, 6.45) is 3.05. The number of aromatic nitrogens is 4. The second kappa shape index (κ2) is 5.84. The lowest BCUT2D eigenvalue weighted by atomic mass is 10.00. The molecule has 0 aliphatic carbocycles. The van der Waals surface area contributed by atoms with Crippen molar-refractivity contribution >= 4 is 11.6 Å². The zero-order valence-corrected chi connectivity index (χ0v) is 12.8. The summed E-state index contributed by atoms with van der Waals surface area (Å²) in [5.41, 5.74) is 2.41. The molecule has 0 radical (unpaired) electrons. The molecule has 0 N–H and O–H groups in total. The largest absolute Gasteiger partial charge is 0.305 e. The Hall–Kier alpha value is -3.09. The Morgan fingerprint density at radius 2 is 2.04 bits per heavy atom. The van der Waals surface area contributed by atoms with Crippen LogP contribution in [0.2, 0.25) is 0 Å². The number of nitrogens with zero attached hydrogens (tertiary/aromatic N) is 5. The van der Waals surface area contributed by atoms with Crippen molar-refractivity contribution in [1.82, 2.24) is 20.2 Å². The highest BCUT2D eigenvalue weighted by Gasteiger charge is 2.26. The smallest absolute Gasteiger partial charge is 0.258 e. The van der Waals surface area contributed by atoms with Crippen molar-refractivity contribution in [2.24, 2.45) is 0 Å². The highest BCUT2D eigenvalue weighted by atomic mass is 19.1. The third-order valence-corrected chi connectivity index (χ3v) is 4.12. The van der Waals surface area contributed by atoms with E-state index in [0.29, 0.717) is 23.5 Å². The molecule has 1 aliphatic rings. The maximum Gasteiger partial charge on any atom is 0.258 e. The van der Waals surface area contributed by atoms with Crippen LogP contribution in [0.3, 0.4) is 0 Å². The van der Waals surface area contributed by atoms with Gasteiger partial charge in [-0.2, -0.15) is 0 Å². The van der Waals surface area contributed by atoms with Gasteiger partial charge in [0, 0.05) is 12.1 Å². The molecule has 0 spiro atoms. The monoisotopic (exact) mass is 323 g/mol. The Morgan fingerprint density at radius 1 is 1.17 bits per heavy atom. The fourth-order valence-corrected chi connectivity index (χ4v) is 3.02. The van der Waals surface area contributed by atoms with Gasteiger partial charge in [-0.05, 0) is 53.1 Å². The Labute approximate surface area is 137 Å². The quantitative estimate of drug-likeness (QED) is 0.726. The predicted molar refractivity (Wildman–Crippen MR) is 85.6 cm³/mol. The summed E-state index contributed by atoms with van der Waals surface area (Å²) in [6.45, 7) is 0.502. The summed E-state index contributed by atoms with van der Waals surface area (Å²) < 4.78 is 15.7. The van der Waals surface area contributed by atoms with Crippen LogP contribution < -0.4 is 4.90 Å². The predicted octanol–water partition coefficient (Wildman–Crippen LogP) is 2.39. The van der Waals surface area contributed by atoms with Crippen LogP contribution in [0, 0.1) is 5.82 Å². The number of tetrazole rings is 1. The minimum absolute atomic E-state index is 0.226. The lowest BCUT2D eigenvalue weighted by Crippen LogP contribution is -2.36. The Balaban J connectivity index is 1.72. The number of aryl methyl sites for hydroxylation is 1. The van der Waals surface area contributed by atoms with E-state index in [9.17, 15) is 9.18 Å². The SMILES string of the molecule is O=C(c1cccc(-n2cnnn2)c1)N1CCCc2cccc(F)c21. The molecule has 0 saturated carbocycles. The molecular formula is C17H14FN5O. The van der Waals surface area contributed by atoms with Crippen molar-refractivity contribution in [3.05, 3.63) is 65.7 Å². The van der Waals surface area contributed by atoms with Crippen molar-refractivity contribution in [3.63, 3.8) is 0 Å². The third kappa shape index (κ3) is 2.44. The average molecular weight is 323 g/mol. The van der Waals surface area contributed by atoms with Crippen LogP contribution in [0.15, 0.2) is 48.8 Å². The molecular weight excluding hydrogens is 309 g/mol. The molecule has 6 nitrogen and oxygen atoms in total. The summed E-state index contributed by atoms with van der Waals surface area (Å²) in [5.74, 6) is -0.590. The Morgan fingerprint density at radius 3 is 2.88 bits per heavy atom. The van der Waals surface area contributed by atoms with E-state index in [4.69, 9.17) is 0 Å². The first-order valence-electron chi connectivity index (χ1n) is 7.67. The van der Waals surface area contributed by atoms with E-state index in [1.54, 1.807) is 30.3 Å². The first-order valence-corrected chi connectivity index (χ1v) is 7.67. The molecule has 1 amide bonds. The van der Waals surface area contributed by atoms with Crippen LogP contribution in [0.25, 0.3) is 5.69 Å². The molecule has 0 saturated heterocycles. The van der Waals surface area contributed by atoms with E-state index in [0.717, 1.165) is 18.4 Å². The first kappa shape index (κ1) is 14.5. The average Bonchev–Trinajstić information content (AvgIpc) is 3.16. The van der Waals surface area contributed by atoms with Crippen molar-refractivity contribution in [1.29, 1.82) is 0 Å². The molecule has 0 bridgehead atoms. The number of amides is 1. The molecule has 3 aromatic rings. The fraction of sp³-hybridized carbons (Fsp3) is 0.176. The van der Waals surface area contributed by atoms with Crippen LogP contribution in [0.4, 0.5) is 10.1 Å². The van der Waals surface area contributed by atoms with Gasteiger partial charge in [-0.3, -0.25) is 4.79 Å². The highest BCUT2D eigenvalue weighted by Crippen LogP contribution is 2.31. The topological polar surface area (TPSA) is 63.9 Å². The molecule has 24 heavy (non-hydrogen) atoms. The maximum absolute atomic E-state index is 14.3. The molecule has 1 aliphatic heterocycles. The van der Waals surface area contributed by atoms with Crippen molar-refractivity contribution in [3.8, 4) is 5.69 Å². The van der Waals surface area contributed by atoms with E-state index in [-0.39, 0.29) is 11.7 Å². The minimum Gasteiger partial charge on any atom is -0.305 e. The van der Waals surface area contributed by atoms with Gasteiger partial charge in [0.25, 0.3) is 5.91 Å². The number of carbonyl (C=O) groups is 1. The number of para-hydroxylation sites is 1. The van der Waals surface area contributed by atoms with Gasteiger partial charge in [0.2, 0.25) is 0 Å². The van der Waals surface area contributed by atoms with E-state index >= 15 is 0 Å². The standard InChI is InChI=1S/C17H14FN5O/c18-15-8-2-4-12-6-3-9-22(16(12)15)17(24)13-5-1-7-14(10-13)23-11-19-20-21-23/h1-2,4-5,7-8,10-11H,3,6,9H2. The van der Waals surface area contributed by atoms with Gasteiger partial charge < -0.3 is 4.90 Å². The molecule has 0 atom stereocenters. The summed E-state index contributed by atoms with van der Waals surface area (Å²) in [6, 6.07) is 11.9. The Kier molecular flexibility index (Phi) is 3.53. The lowest BCUT2D eigenvalue weighted by molar-refractivity contribution is 0.0984. The van der Waals surface area contributed by atoms with Crippen LogP contribution in [0.1, 0.15) is 22.3 Å². The number of rotatable bonds is 2. The van der Waals surface area contributed by atoms with Crippen LogP contribution >= 0.6 is 0 Å². The van der Waals surface area contributed by atoms with Gasteiger partial charge in [0.15, 0.2) is 0 Å². The third-order valence-electron chi connectivity index (χ3n) is 4.12. The number of hydrogen-bond donors (Lipinski definition) is 0. The minimum atomic E-state index is -0.364. The number of carbonyl (C=O) groups excluding carboxylic acids is 1. The summed E-state index contributed by atoms with van der Waals surface area (Å²) in [7, 11) is 0. The van der Waals surface area contributed by atoms with Gasteiger partial charge in [0.05, 0.1) is 11.4 Å². The number of fused-ring (bicyclic) bond motifs is 1. The Bertz CT molecular complexity index is 894. The van der Waals surface area contributed by atoms with Crippen molar-refractivity contribution in [2.75, 3.05) is 11.4 Å². The van der Waals surface area contributed by atoms with Gasteiger partial charge in [-0.25, -0.2) is 9.07 Å². The molecule has 2 heterocycles. The van der Waals surface area contributed by atoms with Gasteiger partial charge in [-0.1, -0.05) is 18.2 Å². The second-order valence-corrected chi connectivity index (χ2v) is 5.61. The van der Waals surface area contributed by atoms with Crippen LogP contribution in [-0.4, -0.2) is 32.7 Å². The van der Waals surface area contributed by atoms with Crippen LogP contribution in [-0.2, 0) is 6.42 Å². The van der Waals surface area contributed by atoms with Gasteiger partial charge in [0.1, 0.15) is 12.1 Å². The van der Waals surface area contributed by atoms with Gasteiger partial charge in [-0.15, -0.1) is 5.10 Å². The molecule has 4 rings (SSSR count). The van der Waals surface area contributed by atoms with E-state index < -0.39 is 0 Å². The number of anilines is 1. The molecule has 2 aromatic carbocycles. The summed E-state index contributed by atoms with van der Waals surface area (Å²) in [5, 5.41) is 11.0. The maximum atomic E-state index is 14.3. The zero-order valence-electron chi connectivity index (χ0n) is 12.8. The van der Waals surface area contributed by atoms with Gasteiger partial charge >= 0.3 is 0 Å². The number of halogens is 1. The lowest BCUT2D eigenvalue weighted by Gasteiger charge is -2.30. The molecule has 120 valence electrons. The van der Waals surface area contributed by atoms with Crippen LogP contribution in [0.5, 0.6) is 0 Å². The molecule has 0 unspecified atom stereocenters.